The zero-order valence-electron chi connectivity index (χ0n) is 15.9. The van der Waals surface area contributed by atoms with Gasteiger partial charge in [-0.2, -0.15) is 22.0 Å². The number of carbonyl (C=O) groups excluding carboxylic acids is 1. The van der Waals surface area contributed by atoms with Gasteiger partial charge in [0.15, 0.2) is 0 Å². The molecule has 2 fully saturated rings. The van der Waals surface area contributed by atoms with Crippen LogP contribution in [0.25, 0.3) is 0 Å². The first kappa shape index (κ1) is 21.8. The van der Waals surface area contributed by atoms with Crippen molar-refractivity contribution in [2.24, 2.45) is 0 Å². The van der Waals surface area contributed by atoms with Gasteiger partial charge >= 0.3 is 12.2 Å². The minimum absolute atomic E-state index is 0.0706. The van der Waals surface area contributed by atoms with E-state index in [1.165, 1.54) is 24.1 Å². The first-order valence-corrected chi connectivity index (χ1v) is 10.2. The van der Waals surface area contributed by atoms with Crippen molar-refractivity contribution >= 4 is 23.5 Å². The van der Waals surface area contributed by atoms with E-state index in [-0.39, 0.29) is 24.3 Å². The molecule has 1 atom stereocenters. The molecule has 2 saturated heterocycles. The number of hydrogen-bond acceptors (Lipinski definition) is 4. The van der Waals surface area contributed by atoms with Gasteiger partial charge in [0.2, 0.25) is 5.91 Å². The lowest BCUT2D eigenvalue weighted by Crippen LogP contribution is -2.61. The van der Waals surface area contributed by atoms with E-state index in [0.717, 1.165) is 12.1 Å². The molecule has 0 bridgehead atoms. The average Bonchev–Trinajstić information content (AvgIpc) is 2.67. The Morgan fingerprint density at radius 1 is 1.03 bits per heavy atom. The Morgan fingerprint density at radius 2 is 1.74 bits per heavy atom. The summed E-state index contributed by atoms with van der Waals surface area (Å²) in [4.78, 5) is 13.7. The van der Waals surface area contributed by atoms with Gasteiger partial charge in [-0.3, -0.25) is 10.1 Å². The minimum atomic E-state index is -4.67. The molecule has 2 aromatic carbocycles. The van der Waals surface area contributed by atoms with Crippen LogP contribution in [0.5, 0.6) is 0 Å². The van der Waals surface area contributed by atoms with Crippen molar-refractivity contribution in [3.05, 3.63) is 59.4 Å². The minimum Gasteiger partial charge on any atom is -0.368 e. The number of halogens is 6. The van der Waals surface area contributed by atoms with E-state index >= 15 is 0 Å². The topological polar surface area (TPSA) is 35.6 Å². The molecule has 0 radical (unpaired) electrons. The highest BCUT2D eigenvalue weighted by molar-refractivity contribution is 7.97. The number of carbonyl (C=O) groups is 1. The van der Waals surface area contributed by atoms with Gasteiger partial charge in [-0.05, 0) is 47.8 Å². The van der Waals surface area contributed by atoms with Gasteiger partial charge in [0.05, 0.1) is 5.56 Å². The molecule has 11 heteroatoms. The van der Waals surface area contributed by atoms with Gasteiger partial charge < -0.3 is 4.90 Å². The highest BCUT2D eigenvalue weighted by Gasteiger charge is 2.56. The number of alkyl halides is 5. The van der Waals surface area contributed by atoms with E-state index in [4.69, 9.17) is 0 Å². The van der Waals surface area contributed by atoms with Crippen LogP contribution in [0, 0.1) is 5.82 Å². The lowest BCUT2D eigenvalue weighted by molar-refractivity contribution is -0.168. The lowest BCUT2D eigenvalue weighted by atomic mass is 9.90. The Kier molecular flexibility index (Phi) is 5.59. The largest absolute Gasteiger partial charge is 0.418 e. The van der Waals surface area contributed by atoms with Crippen LogP contribution in [-0.4, -0.2) is 42.4 Å². The number of anilines is 1. The normalized spacial score (nSPS) is 21.5. The molecule has 31 heavy (non-hydrogen) atoms. The summed E-state index contributed by atoms with van der Waals surface area (Å²) >= 11 is 1.29. The number of nitrogens with zero attached hydrogens (tertiary/aromatic N) is 2. The second-order valence-corrected chi connectivity index (χ2v) is 8.45. The van der Waals surface area contributed by atoms with Crippen LogP contribution < -0.4 is 10.2 Å². The number of rotatable bonds is 4. The third-order valence-electron chi connectivity index (χ3n) is 5.18. The standard InChI is InChI=1S/C20H17F6N3OS/c21-13-4-5-16(15(11-13)19(22,23)24)28-6-8-29(9-7-28)31-14-3-1-2-12(10-14)17-18(30)27-20(17,25)26/h1-5,10-11,17H,6-9H2,(H,27,30). The van der Waals surface area contributed by atoms with Crippen LogP contribution in [0.3, 0.4) is 0 Å². The van der Waals surface area contributed by atoms with E-state index < -0.39 is 35.4 Å². The predicted molar refractivity (Wildman–Crippen MR) is 103 cm³/mol. The molecule has 2 heterocycles. The van der Waals surface area contributed by atoms with Gasteiger partial charge in [-0.25, -0.2) is 8.70 Å². The lowest BCUT2D eigenvalue weighted by Gasteiger charge is -2.37. The van der Waals surface area contributed by atoms with E-state index in [1.807, 2.05) is 4.31 Å². The van der Waals surface area contributed by atoms with E-state index in [9.17, 15) is 31.1 Å². The third kappa shape index (κ3) is 4.47. The predicted octanol–water partition coefficient (Wildman–Crippen LogP) is 4.48. The fourth-order valence-corrected chi connectivity index (χ4v) is 4.66. The zero-order chi connectivity index (χ0) is 22.4. The van der Waals surface area contributed by atoms with Gasteiger partial charge in [-0.1, -0.05) is 12.1 Å². The Bertz CT molecular complexity index is 991. The molecule has 2 aliphatic rings. The summed E-state index contributed by atoms with van der Waals surface area (Å²) in [5.74, 6) is -3.21. The molecule has 0 saturated carbocycles. The zero-order valence-corrected chi connectivity index (χ0v) is 16.7. The highest BCUT2D eigenvalue weighted by atomic mass is 32.2. The molecule has 2 aliphatic heterocycles. The van der Waals surface area contributed by atoms with Crippen LogP contribution in [0.15, 0.2) is 47.4 Å². The number of amides is 1. The Morgan fingerprint density at radius 3 is 2.35 bits per heavy atom. The summed E-state index contributed by atoms with van der Waals surface area (Å²) in [5, 5.41) is 1.57. The van der Waals surface area contributed by atoms with Crippen molar-refractivity contribution in [1.29, 1.82) is 0 Å². The number of β-lactam (4-membered cyclic amide) rings is 1. The Hall–Kier alpha value is -2.40. The quantitative estimate of drug-likeness (QED) is 0.315. The molecule has 2 aromatic rings. The Balaban J connectivity index is 1.42. The molecule has 4 rings (SSSR count). The van der Waals surface area contributed by atoms with Crippen molar-refractivity contribution < 1.29 is 31.1 Å². The van der Waals surface area contributed by atoms with E-state index in [1.54, 1.807) is 22.3 Å². The second-order valence-electron chi connectivity index (χ2n) is 7.28. The van der Waals surface area contributed by atoms with Crippen LogP contribution in [-0.2, 0) is 11.0 Å². The molecule has 1 unspecified atom stereocenters. The van der Waals surface area contributed by atoms with Crippen molar-refractivity contribution in [3.63, 3.8) is 0 Å². The number of benzene rings is 2. The summed E-state index contributed by atoms with van der Waals surface area (Å²) in [6.45, 7) is 1.38. The third-order valence-corrected chi connectivity index (χ3v) is 6.27. The monoisotopic (exact) mass is 461 g/mol. The maximum Gasteiger partial charge on any atom is 0.418 e. The number of nitrogens with one attached hydrogen (secondary N) is 1. The molecule has 0 aromatic heterocycles. The Labute approximate surface area is 178 Å². The molecule has 166 valence electrons. The number of piperazine rings is 1. The van der Waals surface area contributed by atoms with Gasteiger partial charge in [0.1, 0.15) is 11.7 Å². The van der Waals surface area contributed by atoms with Gasteiger partial charge in [-0.15, -0.1) is 0 Å². The fourth-order valence-electron chi connectivity index (χ4n) is 3.69. The SMILES string of the molecule is O=C1NC(F)(F)C1c1cccc(SN2CCN(c3ccc(F)cc3C(F)(F)F)CC2)c1. The maximum absolute atomic E-state index is 13.6. The van der Waals surface area contributed by atoms with Crippen LogP contribution in [0.2, 0.25) is 0 Å². The highest BCUT2D eigenvalue weighted by Crippen LogP contribution is 2.41. The summed E-state index contributed by atoms with van der Waals surface area (Å²) in [6, 6.07) is 5.65. The summed E-state index contributed by atoms with van der Waals surface area (Å²) in [6.07, 6.45) is -4.67. The summed E-state index contributed by atoms with van der Waals surface area (Å²) in [5.41, 5.74) is -0.877. The van der Waals surface area contributed by atoms with Crippen molar-refractivity contribution in [3.8, 4) is 0 Å². The van der Waals surface area contributed by atoms with Crippen molar-refractivity contribution in [2.45, 2.75) is 23.0 Å². The van der Waals surface area contributed by atoms with E-state index in [2.05, 4.69) is 0 Å². The van der Waals surface area contributed by atoms with Gasteiger partial charge in [0, 0.05) is 36.8 Å². The molecule has 4 nitrogen and oxygen atoms in total. The molecule has 0 spiro atoms. The summed E-state index contributed by atoms with van der Waals surface area (Å²) in [7, 11) is 0. The first-order chi connectivity index (χ1) is 14.5. The van der Waals surface area contributed by atoms with Crippen LogP contribution >= 0.6 is 11.9 Å². The molecule has 1 amide bonds. The average molecular weight is 461 g/mol. The van der Waals surface area contributed by atoms with Crippen molar-refractivity contribution in [2.75, 3.05) is 31.1 Å². The summed E-state index contributed by atoms with van der Waals surface area (Å²) < 4.78 is 82.3. The first-order valence-electron chi connectivity index (χ1n) is 9.39. The smallest absolute Gasteiger partial charge is 0.368 e. The molecular weight excluding hydrogens is 444 g/mol. The molecular formula is C20H17F6N3OS. The van der Waals surface area contributed by atoms with Gasteiger partial charge in [0.25, 0.3) is 0 Å². The maximum atomic E-state index is 13.6. The van der Waals surface area contributed by atoms with Crippen LogP contribution in [0.1, 0.15) is 17.0 Å². The van der Waals surface area contributed by atoms with Crippen molar-refractivity contribution in [1.82, 2.24) is 9.62 Å². The fraction of sp³-hybridized carbons (Fsp3) is 0.350. The second kappa shape index (κ2) is 7.94. The van der Waals surface area contributed by atoms with Crippen LogP contribution in [0.4, 0.5) is 32.0 Å². The van der Waals surface area contributed by atoms with E-state index in [0.29, 0.717) is 24.1 Å². The molecule has 1 N–H and O–H groups in total. The number of hydrogen-bond donors (Lipinski definition) is 1. The molecule has 0 aliphatic carbocycles.